The third-order valence-electron chi connectivity index (χ3n) is 1.72. The van der Waals surface area contributed by atoms with Crippen molar-refractivity contribution in [2.24, 2.45) is 0 Å². The lowest BCUT2D eigenvalue weighted by molar-refractivity contribution is 1.31. The summed E-state index contributed by atoms with van der Waals surface area (Å²) >= 11 is 0. The summed E-state index contributed by atoms with van der Waals surface area (Å²) in [5, 5.41) is 0. The van der Waals surface area contributed by atoms with Gasteiger partial charge in [-0.15, -0.1) is 0 Å². The Morgan fingerprint density at radius 2 is 1.93 bits per heavy atom. The predicted octanol–water partition coefficient (Wildman–Crippen LogP) is 2.28. The molecule has 0 aliphatic carbocycles. The molecule has 0 N–H and O–H groups in total. The average Bonchev–Trinajstić information content (AvgIpc) is 2.29. The maximum Gasteiger partial charge on any atom is 0.0432 e. The first kappa shape index (κ1) is 8.52. The van der Waals surface area contributed by atoms with Crippen molar-refractivity contribution in [1.29, 1.82) is 0 Å². The van der Waals surface area contributed by atoms with Crippen molar-refractivity contribution >= 4 is 0 Å². The first-order chi connectivity index (χ1) is 6.95. The van der Waals surface area contributed by atoms with Crippen LogP contribution in [0.15, 0.2) is 48.8 Å². The molecule has 1 heteroatoms. The molecule has 1 aromatic carbocycles. The Labute approximate surface area is 83.4 Å². The molecule has 1 nitrogen and oxygen atoms in total. The summed E-state index contributed by atoms with van der Waals surface area (Å²) in [6.45, 7) is 0. The molecule has 0 atom stereocenters. The molecule has 0 fully saturated rings. The van der Waals surface area contributed by atoms with Crippen molar-refractivity contribution in [3.8, 4) is 11.8 Å². The Kier molecular flexibility index (Phi) is 2.59. The van der Waals surface area contributed by atoms with E-state index in [1.165, 1.54) is 0 Å². The van der Waals surface area contributed by atoms with E-state index < -0.39 is 0 Å². The minimum atomic E-state index is 0.927. The maximum atomic E-state index is 3.99. The summed E-state index contributed by atoms with van der Waals surface area (Å²) in [5.74, 6) is 6.07. The summed E-state index contributed by atoms with van der Waals surface area (Å²) in [7, 11) is 0. The number of hydrogen-bond donors (Lipinski definition) is 0. The van der Waals surface area contributed by atoms with Gasteiger partial charge in [0.05, 0.1) is 0 Å². The second-order valence-corrected chi connectivity index (χ2v) is 2.78. The molecule has 0 saturated carbocycles. The summed E-state index contributed by atoms with van der Waals surface area (Å²) in [6.07, 6.45) is 3.49. The number of hydrogen-bond acceptors (Lipinski definition) is 1. The van der Waals surface area contributed by atoms with Gasteiger partial charge < -0.3 is 0 Å². The van der Waals surface area contributed by atoms with Crippen LogP contribution in [0, 0.1) is 17.9 Å². The normalized spacial score (nSPS) is 8.86. The van der Waals surface area contributed by atoms with E-state index in [-0.39, 0.29) is 0 Å². The number of nitrogens with zero attached hydrogens (tertiary/aromatic N) is 1. The van der Waals surface area contributed by atoms with Crippen LogP contribution in [0.25, 0.3) is 0 Å². The fourth-order valence-electron chi connectivity index (χ4n) is 1.05. The zero-order chi connectivity index (χ0) is 9.64. The lowest BCUT2D eigenvalue weighted by Gasteiger charge is -1.87. The first-order valence-electron chi connectivity index (χ1n) is 4.33. The van der Waals surface area contributed by atoms with Crippen molar-refractivity contribution in [1.82, 2.24) is 4.98 Å². The lowest BCUT2D eigenvalue weighted by Crippen LogP contribution is -1.76. The van der Waals surface area contributed by atoms with Crippen molar-refractivity contribution < 1.29 is 0 Å². The molecule has 1 aromatic heterocycles. The highest BCUT2D eigenvalue weighted by atomic mass is 14.6. The fourth-order valence-corrected chi connectivity index (χ4v) is 1.05. The molecule has 65 valence electrons. The largest absolute Gasteiger partial charge is 0.263 e. The molecule has 2 aromatic rings. The van der Waals surface area contributed by atoms with Gasteiger partial charge in [-0.25, -0.2) is 0 Å². The van der Waals surface area contributed by atoms with E-state index in [4.69, 9.17) is 0 Å². The van der Waals surface area contributed by atoms with Gasteiger partial charge in [-0.3, -0.25) is 4.98 Å². The van der Waals surface area contributed by atoms with Crippen molar-refractivity contribution in [3.05, 3.63) is 66.0 Å². The molecule has 1 radical (unpaired) electrons. The molecular weight excluding hydrogens is 170 g/mol. The van der Waals surface area contributed by atoms with Gasteiger partial charge in [0, 0.05) is 23.5 Å². The highest BCUT2D eigenvalue weighted by molar-refractivity contribution is 5.41. The van der Waals surface area contributed by atoms with E-state index in [0.717, 1.165) is 11.1 Å². The summed E-state index contributed by atoms with van der Waals surface area (Å²) in [6, 6.07) is 14.4. The van der Waals surface area contributed by atoms with Gasteiger partial charge in [-0.1, -0.05) is 24.0 Å². The van der Waals surface area contributed by atoms with E-state index in [9.17, 15) is 0 Å². The molecule has 0 saturated heterocycles. The molecule has 2 rings (SSSR count). The van der Waals surface area contributed by atoms with E-state index >= 15 is 0 Å². The van der Waals surface area contributed by atoms with Gasteiger partial charge in [-0.05, 0) is 30.3 Å². The molecule has 1 heterocycles. The lowest BCUT2D eigenvalue weighted by atomic mass is 10.2. The Hall–Kier alpha value is -2.07. The quantitative estimate of drug-likeness (QED) is 0.564. The van der Waals surface area contributed by atoms with Crippen molar-refractivity contribution in [2.75, 3.05) is 0 Å². The Balaban J connectivity index is 2.24. The van der Waals surface area contributed by atoms with Crippen LogP contribution < -0.4 is 0 Å². The van der Waals surface area contributed by atoms with Crippen LogP contribution in [0.2, 0.25) is 0 Å². The fraction of sp³-hybridized carbons (Fsp3) is 0. The average molecular weight is 178 g/mol. The van der Waals surface area contributed by atoms with Gasteiger partial charge in [0.2, 0.25) is 0 Å². The summed E-state index contributed by atoms with van der Waals surface area (Å²) in [4.78, 5) is 3.99. The molecule has 0 unspecified atom stereocenters. The summed E-state index contributed by atoms with van der Waals surface area (Å²) in [5.41, 5.74) is 1.90. The van der Waals surface area contributed by atoms with Crippen LogP contribution in [0.4, 0.5) is 0 Å². The molecule has 0 aliphatic heterocycles. The number of benzene rings is 1. The highest BCUT2D eigenvalue weighted by Crippen LogP contribution is 1.96. The Bertz CT molecular complexity index is 405. The van der Waals surface area contributed by atoms with Crippen LogP contribution >= 0.6 is 0 Å². The predicted molar refractivity (Wildman–Crippen MR) is 55.5 cm³/mol. The standard InChI is InChI=1S/C13H8N/c1-2-5-12(6-3-1)8-9-13-7-4-10-14-11-13/h1-2,4-7,10-11H. The number of pyridine rings is 1. The molecule has 14 heavy (non-hydrogen) atoms. The van der Waals surface area contributed by atoms with Gasteiger partial charge in [0.1, 0.15) is 0 Å². The SMILES string of the molecule is C(#Cc1cccnc1)c1c[c]ccc1. The Morgan fingerprint density at radius 3 is 2.64 bits per heavy atom. The number of rotatable bonds is 0. The minimum absolute atomic E-state index is 0.927. The van der Waals surface area contributed by atoms with E-state index in [0.29, 0.717) is 0 Å². The van der Waals surface area contributed by atoms with Gasteiger partial charge >= 0.3 is 0 Å². The van der Waals surface area contributed by atoms with E-state index in [1.807, 2.05) is 36.4 Å². The molecule has 0 bridgehead atoms. The van der Waals surface area contributed by atoms with Crippen LogP contribution in [-0.2, 0) is 0 Å². The molecule has 0 spiro atoms. The van der Waals surface area contributed by atoms with E-state index in [1.54, 1.807) is 12.4 Å². The van der Waals surface area contributed by atoms with Gasteiger partial charge in [0.15, 0.2) is 0 Å². The monoisotopic (exact) mass is 178 g/mol. The highest BCUT2D eigenvalue weighted by Gasteiger charge is 1.84. The molecule has 0 aliphatic rings. The van der Waals surface area contributed by atoms with Crippen molar-refractivity contribution in [2.45, 2.75) is 0 Å². The first-order valence-corrected chi connectivity index (χ1v) is 4.33. The zero-order valence-corrected chi connectivity index (χ0v) is 7.57. The third-order valence-corrected chi connectivity index (χ3v) is 1.72. The second-order valence-electron chi connectivity index (χ2n) is 2.78. The topological polar surface area (TPSA) is 12.9 Å². The van der Waals surface area contributed by atoms with Crippen LogP contribution in [0.3, 0.4) is 0 Å². The number of aromatic nitrogens is 1. The van der Waals surface area contributed by atoms with Crippen LogP contribution in [-0.4, -0.2) is 4.98 Å². The van der Waals surface area contributed by atoms with E-state index in [2.05, 4.69) is 22.9 Å². The van der Waals surface area contributed by atoms with Gasteiger partial charge in [-0.2, -0.15) is 0 Å². The smallest absolute Gasteiger partial charge is 0.0432 e. The molecular formula is C13H8N. The van der Waals surface area contributed by atoms with Crippen LogP contribution in [0.1, 0.15) is 11.1 Å². The zero-order valence-electron chi connectivity index (χ0n) is 7.57. The second kappa shape index (κ2) is 4.25. The summed E-state index contributed by atoms with van der Waals surface area (Å²) < 4.78 is 0. The maximum absolute atomic E-state index is 3.99. The minimum Gasteiger partial charge on any atom is -0.263 e. The third kappa shape index (κ3) is 2.21. The molecule has 0 amide bonds. The van der Waals surface area contributed by atoms with Crippen LogP contribution in [0.5, 0.6) is 0 Å². The van der Waals surface area contributed by atoms with Crippen molar-refractivity contribution in [3.63, 3.8) is 0 Å². The Morgan fingerprint density at radius 1 is 1.07 bits per heavy atom. The van der Waals surface area contributed by atoms with Gasteiger partial charge in [0.25, 0.3) is 0 Å².